The first-order valence-electron chi connectivity index (χ1n) is 6.10. The molecule has 0 aliphatic carbocycles. The van der Waals surface area contributed by atoms with E-state index >= 15 is 0 Å². The van der Waals surface area contributed by atoms with Gasteiger partial charge < -0.3 is 4.74 Å². The minimum Gasteiger partial charge on any atom is -0.453 e. The molecule has 0 amide bonds. The third kappa shape index (κ3) is 3.53. The van der Waals surface area contributed by atoms with Gasteiger partial charge in [-0.3, -0.25) is 4.84 Å². The fourth-order valence-corrected chi connectivity index (χ4v) is 3.15. The van der Waals surface area contributed by atoms with E-state index in [9.17, 15) is 4.79 Å². The van der Waals surface area contributed by atoms with Crippen molar-refractivity contribution in [3.8, 4) is 10.4 Å². The molecule has 0 saturated carbocycles. The number of carbonyl (C=O) groups excluding carboxylic acids is 1. The van der Waals surface area contributed by atoms with Gasteiger partial charge in [-0.1, -0.05) is 23.2 Å². The Balaban J connectivity index is 1.77. The monoisotopic (exact) mass is 344 g/mol. The highest BCUT2D eigenvalue weighted by Gasteiger charge is 2.22. The normalized spacial score (nSPS) is 17.9. The first-order valence-corrected chi connectivity index (χ1v) is 7.67. The van der Waals surface area contributed by atoms with Gasteiger partial charge in [0.15, 0.2) is 0 Å². The molecule has 21 heavy (non-hydrogen) atoms. The third-order valence-electron chi connectivity index (χ3n) is 2.78. The number of nitrogens with zero attached hydrogens (tertiary/aromatic N) is 1. The van der Waals surface area contributed by atoms with E-state index in [4.69, 9.17) is 32.8 Å². The predicted molar refractivity (Wildman–Crippen MR) is 80.7 cm³/mol. The molecule has 3 rings (SSSR count). The molecule has 0 unspecified atom stereocenters. The Morgan fingerprint density at radius 1 is 1.38 bits per heavy atom. The van der Waals surface area contributed by atoms with Crippen LogP contribution in [0.4, 0.5) is 0 Å². The Kier molecular flexibility index (Phi) is 4.42. The van der Waals surface area contributed by atoms with Crippen LogP contribution in [0.2, 0.25) is 10.0 Å². The van der Waals surface area contributed by atoms with Crippen LogP contribution in [0, 0.1) is 0 Å². The first-order chi connectivity index (χ1) is 10.1. The number of halogens is 2. The van der Waals surface area contributed by atoms with E-state index in [1.807, 2.05) is 0 Å². The van der Waals surface area contributed by atoms with Gasteiger partial charge in [-0.2, -0.15) is 5.48 Å². The number of thiazole rings is 1. The van der Waals surface area contributed by atoms with Crippen molar-refractivity contribution in [1.29, 1.82) is 0 Å². The maximum absolute atomic E-state index is 12.0. The maximum Gasteiger partial charge on any atom is 0.367 e. The fourth-order valence-electron chi connectivity index (χ4n) is 1.84. The average molecular weight is 345 g/mol. The van der Waals surface area contributed by atoms with E-state index in [-0.39, 0.29) is 11.1 Å². The molecule has 1 fully saturated rings. The highest BCUT2D eigenvalue weighted by molar-refractivity contribution is 7.16. The van der Waals surface area contributed by atoms with Crippen molar-refractivity contribution in [2.75, 3.05) is 13.2 Å². The summed E-state index contributed by atoms with van der Waals surface area (Å²) < 4.78 is 5.26. The quantitative estimate of drug-likeness (QED) is 0.866. The molecule has 1 aromatic heterocycles. The van der Waals surface area contributed by atoms with Crippen molar-refractivity contribution < 1.29 is 14.4 Å². The number of hydrogen-bond acceptors (Lipinski definition) is 6. The van der Waals surface area contributed by atoms with Crippen molar-refractivity contribution in [1.82, 2.24) is 10.5 Å². The summed E-state index contributed by atoms with van der Waals surface area (Å²) in [6.45, 7) is 0.821. The van der Waals surface area contributed by atoms with Crippen LogP contribution in [0.1, 0.15) is 9.80 Å². The zero-order chi connectivity index (χ0) is 14.8. The van der Waals surface area contributed by atoms with Crippen molar-refractivity contribution in [3.05, 3.63) is 39.4 Å². The summed E-state index contributed by atoms with van der Waals surface area (Å²) in [5.74, 6) is -0.461. The third-order valence-corrected chi connectivity index (χ3v) is 4.25. The standard InChI is InChI=1S/C13H10Cl2N2O3S/c14-8-1-7(2-9(15)3-8)11-5-16-12(21-11)13(18)20-10-4-17-19-6-10/h1-3,5,10,17H,4,6H2/t10-/m0/s1. The molecule has 1 aromatic carbocycles. The van der Waals surface area contributed by atoms with E-state index in [0.717, 1.165) is 10.4 Å². The molecule has 8 heteroatoms. The molecule has 110 valence electrons. The largest absolute Gasteiger partial charge is 0.453 e. The number of esters is 1. The van der Waals surface area contributed by atoms with E-state index in [1.54, 1.807) is 24.4 Å². The minimum atomic E-state index is -0.461. The van der Waals surface area contributed by atoms with E-state index in [0.29, 0.717) is 23.2 Å². The molecule has 1 aliphatic rings. The van der Waals surface area contributed by atoms with Gasteiger partial charge in [-0.15, -0.1) is 11.3 Å². The van der Waals surface area contributed by atoms with Crippen LogP contribution in [0.15, 0.2) is 24.4 Å². The van der Waals surface area contributed by atoms with Gasteiger partial charge in [0, 0.05) is 16.2 Å². The summed E-state index contributed by atoms with van der Waals surface area (Å²) in [5, 5.41) is 1.35. The molecule has 1 aliphatic heterocycles. The molecule has 5 nitrogen and oxygen atoms in total. The number of ether oxygens (including phenoxy) is 1. The van der Waals surface area contributed by atoms with Gasteiger partial charge in [0.25, 0.3) is 0 Å². The number of carbonyl (C=O) groups is 1. The molecule has 1 N–H and O–H groups in total. The van der Waals surface area contributed by atoms with Gasteiger partial charge in [-0.05, 0) is 23.8 Å². The Morgan fingerprint density at radius 3 is 2.81 bits per heavy atom. The smallest absolute Gasteiger partial charge is 0.367 e. The summed E-state index contributed by atoms with van der Waals surface area (Å²) in [6.07, 6.45) is 1.32. The summed E-state index contributed by atoms with van der Waals surface area (Å²) in [4.78, 5) is 21.8. The van der Waals surface area contributed by atoms with E-state index in [1.165, 1.54) is 11.3 Å². The lowest BCUT2D eigenvalue weighted by Gasteiger charge is -2.06. The zero-order valence-electron chi connectivity index (χ0n) is 10.6. The molecule has 0 bridgehead atoms. The Labute approximate surface area is 134 Å². The predicted octanol–water partition coefficient (Wildman–Crippen LogP) is 3.18. The molecule has 2 heterocycles. The molecule has 1 saturated heterocycles. The number of aromatic nitrogens is 1. The first kappa shape index (κ1) is 14.7. The molecular formula is C13H10Cl2N2O3S. The Hall–Kier alpha value is -1.18. The lowest BCUT2D eigenvalue weighted by atomic mass is 10.2. The number of hydroxylamine groups is 1. The second-order valence-electron chi connectivity index (χ2n) is 4.37. The van der Waals surface area contributed by atoms with Gasteiger partial charge in [0.1, 0.15) is 12.7 Å². The van der Waals surface area contributed by atoms with E-state index in [2.05, 4.69) is 10.5 Å². The number of hydrogen-bond donors (Lipinski definition) is 1. The zero-order valence-corrected chi connectivity index (χ0v) is 13.0. The van der Waals surface area contributed by atoms with Crippen LogP contribution in [0.25, 0.3) is 10.4 Å². The topological polar surface area (TPSA) is 60.5 Å². The van der Waals surface area contributed by atoms with Crippen LogP contribution in [0.3, 0.4) is 0 Å². The Bertz CT molecular complexity index is 651. The highest BCUT2D eigenvalue weighted by Crippen LogP contribution is 2.31. The van der Waals surface area contributed by atoms with Crippen LogP contribution >= 0.6 is 34.5 Å². The van der Waals surface area contributed by atoms with E-state index < -0.39 is 5.97 Å². The number of nitrogens with one attached hydrogen (secondary N) is 1. The summed E-state index contributed by atoms with van der Waals surface area (Å²) >= 11 is 13.2. The van der Waals surface area contributed by atoms with Crippen LogP contribution in [-0.4, -0.2) is 30.2 Å². The van der Waals surface area contributed by atoms with Crippen LogP contribution < -0.4 is 5.48 Å². The fraction of sp³-hybridized carbons (Fsp3) is 0.231. The lowest BCUT2D eigenvalue weighted by Crippen LogP contribution is -2.22. The van der Waals surface area contributed by atoms with Gasteiger partial charge >= 0.3 is 5.97 Å². The van der Waals surface area contributed by atoms with Crippen molar-refractivity contribution in [3.63, 3.8) is 0 Å². The maximum atomic E-state index is 12.0. The Morgan fingerprint density at radius 2 is 2.14 bits per heavy atom. The van der Waals surface area contributed by atoms with Crippen molar-refractivity contribution in [2.24, 2.45) is 0 Å². The molecule has 1 atom stereocenters. The SMILES string of the molecule is O=C(O[C@H]1CNOC1)c1ncc(-c2cc(Cl)cc(Cl)c2)s1. The second kappa shape index (κ2) is 6.29. The lowest BCUT2D eigenvalue weighted by molar-refractivity contribution is 0.0254. The number of benzene rings is 1. The van der Waals surface area contributed by atoms with Crippen molar-refractivity contribution in [2.45, 2.75) is 6.10 Å². The summed E-state index contributed by atoms with van der Waals surface area (Å²) in [5.41, 5.74) is 3.46. The van der Waals surface area contributed by atoms with Crippen LogP contribution in [0.5, 0.6) is 0 Å². The summed E-state index contributed by atoms with van der Waals surface area (Å²) in [7, 11) is 0. The second-order valence-corrected chi connectivity index (χ2v) is 6.28. The van der Waals surface area contributed by atoms with Gasteiger partial charge in [0.2, 0.25) is 5.01 Å². The van der Waals surface area contributed by atoms with Crippen molar-refractivity contribution >= 4 is 40.5 Å². The van der Waals surface area contributed by atoms with Gasteiger partial charge in [-0.25, -0.2) is 9.78 Å². The number of rotatable bonds is 3. The van der Waals surface area contributed by atoms with Gasteiger partial charge in [0.05, 0.1) is 11.4 Å². The molecule has 0 radical (unpaired) electrons. The van der Waals surface area contributed by atoms with Crippen LogP contribution in [-0.2, 0) is 9.57 Å². The molecule has 2 aromatic rings. The molecule has 0 spiro atoms. The average Bonchev–Trinajstić information content (AvgIpc) is 3.08. The minimum absolute atomic E-state index is 0.285. The summed E-state index contributed by atoms with van der Waals surface area (Å²) in [6, 6.07) is 5.19. The molecular weight excluding hydrogens is 335 g/mol. The highest BCUT2D eigenvalue weighted by atomic mass is 35.5.